The Morgan fingerprint density at radius 3 is 2.62 bits per heavy atom. The summed E-state index contributed by atoms with van der Waals surface area (Å²) >= 11 is 0. The Morgan fingerprint density at radius 1 is 1.08 bits per heavy atom. The normalized spacial score (nSPS) is 10.8. The van der Waals surface area contributed by atoms with Crippen molar-refractivity contribution in [2.75, 3.05) is 19.0 Å². The second-order valence-electron chi connectivity index (χ2n) is 5.92. The molecular formula is C21H21N3O2. The highest BCUT2D eigenvalue weighted by Crippen LogP contribution is 2.26. The van der Waals surface area contributed by atoms with Crippen molar-refractivity contribution in [1.82, 2.24) is 5.43 Å². The molecule has 0 unspecified atom stereocenters. The maximum Gasteiger partial charge on any atom is 0.259 e. The molecule has 2 N–H and O–H groups in total. The molecule has 0 saturated carbocycles. The van der Waals surface area contributed by atoms with Gasteiger partial charge in [0.05, 0.1) is 19.9 Å². The number of hydrogen-bond acceptors (Lipinski definition) is 4. The standard InChI is InChI=1S/C21H21N3O2/c1-15-7-10-17(11-8-15)22-14-21(25)24-23-13-19-18-6-4-3-5-16(18)9-12-20(19)26-2/h3-13,22H,14H2,1-2H3,(H,24,25)/b23-13-. The Kier molecular flexibility index (Phi) is 5.49. The molecule has 0 fully saturated rings. The van der Waals surface area contributed by atoms with Crippen LogP contribution < -0.4 is 15.5 Å². The van der Waals surface area contributed by atoms with Gasteiger partial charge in [0.25, 0.3) is 5.91 Å². The third kappa shape index (κ3) is 4.19. The van der Waals surface area contributed by atoms with Gasteiger partial charge >= 0.3 is 0 Å². The van der Waals surface area contributed by atoms with Gasteiger partial charge < -0.3 is 10.1 Å². The minimum absolute atomic E-state index is 0.146. The van der Waals surface area contributed by atoms with Gasteiger partial charge in [-0.15, -0.1) is 0 Å². The predicted molar refractivity (Wildman–Crippen MR) is 106 cm³/mol. The Hall–Kier alpha value is -3.34. The average molecular weight is 347 g/mol. The SMILES string of the molecule is COc1ccc2ccccc2c1/C=N\NC(=O)CNc1ccc(C)cc1. The molecule has 0 radical (unpaired) electrons. The van der Waals surface area contributed by atoms with E-state index in [2.05, 4.69) is 15.8 Å². The maximum absolute atomic E-state index is 12.0. The monoisotopic (exact) mass is 347 g/mol. The number of anilines is 1. The lowest BCUT2D eigenvalue weighted by Gasteiger charge is -2.08. The summed E-state index contributed by atoms with van der Waals surface area (Å²) in [5.41, 5.74) is 5.44. The van der Waals surface area contributed by atoms with Crippen LogP contribution in [0.4, 0.5) is 5.69 Å². The van der Waals surface area contributed by atoms with Crippen molar-refractivity contribution in [2.45, 2.75) is 6.92 Å². The van der Waals surface area contributed by atoms with Crippen molar-refractivity contribution >= 4 is 28.6 Å². The Balaban J connectivity index is 1.65. The fraction of sp³-hybridized carbons (Fsp3) is 0.143. The maximum atomic E-state index is 12.0. The molecule has 0 aliphatic heterocycles. The summed E-state index contributed by atoms with van der Waals surface area (Å²) < 4.78 is 5.41. The number of benzene rings is 3. The van der Waals surface area contributed by atoms with E-state index in [4.69, 9.17) is 4.74 Å². The largest absolute Gasteiger partial charge is 0.496 e. The molecule has 0 saturated heterocycles. The van der Waals surface area contributed by atoms with E-state index < -0.39 is 0 Å². The molecule has 0 atom stereocenters. The van der Waals surface area contributed by atoms with Gasteiger partial charge in [0.15, 0.2) is 0 Å². The molecule has 0 bridgehead atoms. The van der Waals surface area contributed by atoms with Gasteiger partial charge in [-0.05, 0) is 35.9 Å². The number of nitrogens with zero attached hydrogens (tertiary/aromatic N) is 1. The Bertz CT molecular complexity index is 934. The predicted octanol–water partition coefficient (Wildman–Crippen LogP) is 3.72. The van der Waals surface area contributed by atoms with E-state index in [1.165, 1.54) is 5.56 Å². The van der Waals surface area contributed by atoms with Crippen LogP contribution in [0, 0.1) is 6.92 Å². The molecule has 132 valence electrons. The summed E-state index contributed by atoms with van der Waals surface area (Å²) in [6.45, 7) is 2.17. The molecule has 5 heteroatoms. The summed E-state index contributed by atoms with van der Waals surface area (Å²) in [6, 6.07) is 19.7. The number of fused-ring (bicyclic) bond motifs is 1. The zero-order valence-electron chi connectivity index (χ0n) is 14.8. The lowest BCUT2D eigenvalue weighted by Crippen LogP contribution is -2.25. The van der Waals surface area contributed by atoms with Crippen molar-refractivity contribution in [3.63, 3.8) is 0 Å². The van der Waals surface area contributed by atoms with E-state index in [9.17, 15) is 4.79 Å². The lowest BCUT2D eigenvalue weighted by molar-refractivity contribution is -0.119. The van der Waals surface area contributed by atoms with Gasteiger partial charge in [-0.25, -0.2) is 5.43 Å². The van der Waals surface area contributed by atoms with E-state index in [1.54, 1.807) is 13.3 Å². The molecule has 5 nitrogen and oxygen atoms in total. The van der Waals surface area contributed by atoms with Gasteiger partial charge in [0.1, 0.15) is 5.75 Å². The molecule has 3 aromatic rings. The van der Waals surface area contributed by atoms with Crippen LogP contribution in [0.2, 0.25) is 0 Å². The summed E-state index contributed by atoms with van der Waals surface area (Å²) in [7, 11) is 1.62. The van der Waals surface area contributed by atoms with Crippen LogP contribution in [0.5, 0.6) is 5.75 Å². The van der Waals surface area contributed by atoms with Crippen molar-refractivity contribution in [3.8, 4) is 5.75 Å². The minimum Gasteiger partial charge on any atom is -0.496 e. The summed E-state index contributed by atoms with van der Waals surface area (Å²) in [5.74, 6) is 0.487. The van der Waals surface area contributed by atoms with Gasteiger partial charge in [-0.3, -0.25) is 4.79 Å². The van der Waals surface area contributed by atoms with E-state index in [0.29, 0.717) is 5.75 Å². The van der Waals surface area contributed by atoms with Gasteiger partial charge in [0.2, 0.25) is 0 Å². The molecule has 3 rings (SSSR count). The minimum atomic E-state index is -0.221. The van der Waals surface area contributed by atoms with Crippen LogP contribution in [-0.4, -0.2) is 25.8 Å². The third-order valence-corrected chi connectivity index (χ3v) is 4.04. The number of nitrogens with one attached hydrogen (secondary N) is 2. The van der Waals surface area contributed by atoms with Crippen LogP contribution >= 0.6 is 0 Å². The number of hydrazone groups is 1. The van der Waals surface area contributed by atoms with Crippen molar-refractivity contribution < 1.29 is 9.53 Å². The van der Waals surface area contributed by atoms with Crippen molar-refractivity contribution in [2.24, 2.45) is 5.10 Å². The van der Waals surface area contributed by atoms with E-state index in [0.717, 1.165) is 22.0 Å². The highest BCUT2D eigenvalue weighted by molar-refractivity contribution is 6.02. The molecule has 0 aliphatic rings. The molecular weight excluding hydrogens is 326 g/mol. The molecule has 0 heterocycles. The smallest absolute Gasteiger partial charge is 0.259 e. The van der Waals surface area contributed by atoms with Crippen LogP contribution in [0.15, 0.2) is 65.8 Å². The highest BCUT2D eigenvalue weighted by Gasteiger charge is 2.06. The first kappa shape index (κ1) is 17.5. The number of rotatable bonds is 6. The third-order valence-electron chi connectivity index (χ3n) is 4.04. The quantitative estimate of drug-likeness (QED) is 0.528. The number of amides is 1. The van der Waals surface area contributed by atoms with Crippen molar-refractivity contribution in [3.05, 3.63) is 71.8 Å². The Labute approximate surface area is 152 Å². The average Bonchev–Trinajstić information content (AvgIpc) is 2.67. The number of carbonyl (C=O) groups excluding carboxylic acids is 1. The first-order valence-corrected chi connectivity index (χ1v) is 8.35. The zero-order valence-corrected chi connectivity index (χ0v) is 14.8. The van der Waals surface area contributed by atoms with Crippen LogP contribution in [0.25, 0.3) is 10.8 Å². The summed E-state index contributed by atoms with van der Waals surface area (Å²) in [6.07, 6.45) is 1.62. The van der Waals surface area contributed by atoms with Gasteiger partial charge in [0, 0.05) is 11.3 Å². The van der Waals surface area contributed by atoms with E-state index >= 15 is 0 Å². The second kappa shape index (κ2) is 8.16. The topological polar surface area (TPSA) is 62.7 Å². The molecule has 1 amide bonds. The first-order valence-electron chi connectivity index (χ1n) is 8.35. The number of methoxy groups -OCH3 is 1. The molecule has 0 aliphatic carbocycles. The fourth-order valence-electron chi connectivity index (χ4n) is 2.65. The van der Waals surface area contributed by atoms with Gasteiger partial charge in [-0.2, -0.15) is 5.10 Å². The van der Waals surface area contributed by atoms with Crippen LogP contribution in [-0.2, 0) is 4.79 Å². The highest BCUT2D eigenvalue weighted by atomic mass is 16.5. The van der Waals surface area contributed by atoms with E-state index in [1.807, 2.05) is 67.6 Å². The Morgan fingerprint density at radius 2 is 1.85 bits per heavy atom. The molecule has 0 aromatic heterocycles. The number of aryl methyl sites for hydroxylation is 1. The summed E-state index contributed by atoms with van der Waals surface area (Å²) in [5, 5.41) is 9.25. The number of hydrogen-bond donors (Lipinski definition) is 2. The summed E-state index contributed by atoms with van der Waals surface area (Å²) in [4.78, 5) is 12.0. The zero-order chi connectivity index (χ0) is 18.4. The van der Waals surface area contributed by atoms with Crippen molar-refractivity contribution in [1.29, 1.82) is 0 Å². The number of carbonyl (C=O) groups is 1. The lowest BCUT2D eigenvalue weighted by atomic mass is 10.0. The van der Waals surface area contributed by atoms with Crippen LogP contribution in [0.1, 0.15) is 11.1 Å². The molecule has 3 aromatic carbocycles. The molecule has 0 spiro atoms. The first-order chi connectivity index (χ1) is 12.7. The van der Waals surface area contributed by atoms with E-state index in [-0.39, 0.29) is 12.5 Å². The fourth-order valence-corrected chi connectivity index (χ4v) is 2.65. The van der Waals surface area contributed by atoms with Crippen LogP contribution in [0.3, 0.4) is 0 Å². The number of ether oxygens (including phenoxy) is 1. The van der Waals surface area contributed by atoms with Gasteiger partial charge in [-0.1, -0.05) is 48.0 Å². The second-order valence-corrected chi connectivity index (χ2v) is 5.92. The molecule has 26 heavy (non-hydrogen) atoms.